The number of benzene rings is 1. The second-order valence-electron chi connectivity index (χ2n) is 3.98. The average Bonchev–Trinajstić information content (AvgIpc) is 2.65. The summed E-state index contributed by atoms with van der Waals surface area (Å²) in [7, 11) is 1.59. The summed E-state index contributed by atoms with van der Waals surface area (Å²) >= 11 is 0. The Labute approximate surface area is 99.8 Å². The van der Waals surface area contributed by atoms with Crippen LogP contribution in [0.4, 0.5) is 5.69 Å². The molecule has 3 rings (SSSR count). The van der Waals surface area contributed by atoms with E-state index in [1.807, 2.05) is 0 Å². The maximum Gasteiger partial charge on any atom is 0.275 e. The van der Waals surface area contributed by atoms with E-state index in [1.165, 1.54) is 23.0 Å². The lowest BCUT2D eigenvalue weighted by atomic mass is 10.1. The SMILES string of the molecule is Cn1[nH]c2c(cnc3ccc([N+](=O)[O-])cc32)c1=O. The molecule has 0 fully saturated rings. The number of nitrogens with one attached hydrogen (secondary N) is 1. The molecule has 1 aromatic carbocycles. The first-order valence-corrected chi connectivity index (χ1v) is 5.20. The summed E-state index contributed by atoms with van der Waals surface area (Å²) in [6, 6.07) is 4.38. The summed E-state index contributed by atoms with van der Waals surface area (Å²) in [5, 5.41) is 14.6. The highest BCUT2D eigenvalue weighted by Crippen LogP contribution is 2.24. The minimum Gasteiger partial charge on any atom is -0.294 e. The Kier molecular flexibility index (Phi) is 1.97. The van der Waals surface area contributed by atoms with Crippen LogP contribution in [0, 0.1) is 10.1 Å². The maximum absolute atomic E-state index is 11.7. The molecule has 0 aliphatic rings. The van der Waals surface area contributed by atoms with Crippen molar-refractivity contribution in [1.29, 1.82) is 0 Å². The Morgan fingerprint density at radius 2 is 2.17 bits per heavy atom. The second kappa shape index (κ2) is 3.39. The van der Waals surface area contributed by atoms with Gasteiger partial charge in [-0.3, -0.25) is 29.7 Å². The highest BCUT2D eigenvalue weighted by atomic mass is 16.6. The molecule has 0 saturated heterocycles. The van der Waals surface area contributed by atoms with Gasteiger partial charge in [0.1, 0.15) is 0 Å². The third-order valence-corrected chi connectivity index (χ3v) is 2.88. The number of hydrogen-bond donors (Lipinski definition) is 1. The molecule has 0 atom stereocenters. The molecule has 90 valence electrons. The third kappa shape index (κ3) is 1.30. The summed E-state index contributed by atoms with van der Waals surface area (Å²) in [6.07, 6.45) is 1.47. The summed E-state index contributed by atoms with van der Waals surface area (Å²) in [5.74, 6) is 0. The monoisotopic (exact) mass is 244 g/mol. The average molecular weight is 244 g/mol. The van der Waals surface area contributed by atoms with Crippen molar-refractivity contribution in [3.63, 3.8) is 0 Å². The van der Waals surface area contributed by atoms with E-state index in [2.05, 4.69) is 10.1 Å². The van der Waals surface area contributed by atoms with Crippen molar-refractivity contribution in [3.8, 4) is 0 Å². The topological polar surface area (TPSA) is 93.8 Å². The van der Waals surface area contributed by atoms with E-state index in [4.69, 9.17) is 0 Å². The molecule has 1 N–H and O–H groups in total. The fourth-order valence-corrected chi connectivity index (χ4v) is 1.98. The van der Waals surface area contributed by atoms with Crippen LogP contribution in [-0.4, -0.2) is 19.7 Å². The minimum absolute atomic E-state index is 0.0264. The molecule has 0 unspecified atom stereocenters. The standard InChI is InChI=1S/C11H8N4O3/c1-14-11(16)8-5-12-9-3-2-6(15(17)18)4-7(9)10(8)13-14/h2-5,13H,1H3. The Bertz CT molecular complexity index is 846. The van der Waals surface area contributed by atoms with Gasteiger partial charge >= 0.3 is 0 Å². The number of nitro groups is 1. The van der Waals surface area contributed by atoms with Crippen LogP contribution in [0.2, 0.25) is 0 Å². The fraction of sp³-hybridized carbons (Fsp3) is 0.0909. The zero-order chi connectivity index (χ0) is 12.9. The summed E-state index contributed by atoms with van der Waals surface area (Å²) < 4.78 is 1.32. The van der Waals surface area contributed by atoms with E-state index in [9.17, 15) is 14.9 Å². The van der Waals surface area contributed by atoms with Gasteiger partial charge in [-0.05, 0) is 6.07 Å². The smallest absolute Gasteiger partial charge is 0.275 e. The molecule has 18 heavy (non-hydrogen) atoms. The Morgan fingerprint density at radius 3 is 2.89 bits per heavy atom. The molecule has 0 bridgehead atoms. The van der Waals surface area contributed by atoms with E-state index in [0.29, 0.717) is 21.8 Å². The summed E-state index contributed by atoms with van der Waals surface area (Å²) in [5.41, 5.74) is 0.943. The number of H-pyrrole nitrogens is 1. The highest BCUT2D eigenvalue weighted by molar-refractivity contribution is 6.03. The molecular weight excluding hydrogens is 236 g/mol. The summed E-state index contributed by atoms with van der Waals surface area (Å²) in [6.45, 7) is 0. The van der Waals surface area contributed by atoms with Crippen molar-refractivity contribution >= 4 is 27.5 Å². The van der Waals surface area contributed by atoms with E-state index in [-0.39, 0.29) is 11.2 Å². The molecule has 0 saturated carbocycles. The van der Waals surface area contributed by atoms with Gasteiger partial charge in [0.25, 0.3) is 11.2 Å². The second-order valence-corrected chi connectivity index (χ2v) is 3.98. The Hall–Kier alpha value is -2.70. The third-order valence-electron chi connectivity index (χ3n) is 2.88. The molecule has 0 aliphatic heterocycles. The largest absolute Gasteiger partial charge is 0.294 e. The van der Waals surface area contributed by atoms with Crippen LogP contribution in [-0.2, 0) is 7.05 Å². The number of fused-ring (bicyclic) bond motifs is 3. The quantitative estimate of drug-likeness (QED) is 0.516. The number of nitrogens with zero attached hydrogens (tertiary/aromatic N) is 3. The van der Waals surface area contributed by atoms with Crippen molar-refractivity contribution in [2.24, 2.45) is 7.05 Å². The predicted molar refractivity (Wildman–Crippen MR) is 65.5 cm³/mol. The normalized spacial score (nSPS) is 11.2. The number of aromatic amines is 1. The highest BCUT2D eigenvalue weighted by Gasteiger charge is 2.12. The fourth-order valence-electron chi connectivity index (χ4n) is 1.98. The number of nitro benzene ring substituents is 1. The molecule has 2 aromatic heterocycles. The first-order valence-electron chi connectivity index (χ1n) is 5.20. The molecule has 7 heteroatoms. The zero-order valence-corrected chi connectivity index (χ0v) is 9.38. The number of hydrogen-bond acceptors (Lipinski definition) is 4. The summed E-state index contributed by atoms with van der Waals surface area (Å²) in [4.78, 5) is 26.2. The Morgan fingerprint density at radius 1 is 1.39 bits per heavy atom. The zero-order valence-electron chi connectivity index (χ0n) is 9.38. The van der Waals surface area contributed by atoms with Crippen molar-refractivity contribution < 1.29 is 4.92 Å². The van der Waals surface area contributed by atoms with Crippen molar-refractivity contribution in [2.75, 3.05) is 0 Å². The molecule has 0 spiro atoms. The van der Waals surface area contributed by atoms with Gasteiger partial charge in [0.05, 0.1) is 21.3 Å². The molecule has 2 heterocycles. The first-order chi connectivity index (χ1) is 8.58. The van der Waals surface area contributed by atoms with E-state index in [0.717, 1.165) is 0 Å². The van der Waals surface area contributed by atoms with Crippen LogP contribution in [0.25, 0.3) is 21.8 Å². The van der Waals surface area contributed by atoms with Crippen LogP contribution in [0.1, 0.15) is 0 Å². The van der Waals surface area contributed by atoms with Gasteiger partial charge in [0.2, 0.25) is 0 Å². The van der Waals surface area contributed by atoms with E-state index >= 15 is 0 Å². The van der Waals surface area contributed by atoms with Gasteiger partial charge in [0.15, 0.2) is 0 Å². The van der Waals surface area contributed by atoms with Crippen molar-refractivity contribution in [1.82, 2.24) is 14.8 Å². The van der Waals surface area contributed by atoms with Crippen LogP contribution < -0.4 is 5.56 Å². The van der Waals surface area contributed by atoms with Crippen molar-refractivity contribution in [3.05, 3.63) is 44.9 Å². The van der Waals surface area contributed by atoms with Gasteiger partial charge in [0, 0.05) is 30.8 Å². The molecule has 0 radical (unpaired) electrons. The molecule has 3 aromatic rings. The number of aryl methyl sites for hydroxylation is 1. The Balaban J connectivity index is 2.51. The van der Waals surface area contributed by atoms with Gasteiger partial charge in [-0.2, -0.15) is 0 Å². The number of aromatic nitrogens is 3. The van der Waals surface area contributed by atoms with Crippen LogP contribution in [0.3, 0.4) is 0 Å². The number of pyridine rings is 1. The van der Waals surface area contributed by atoms with E-state index < -0.39 is 4.92 Å². The van der Waals surface area contributed by atoms with Gasteiger partial charge in [-0.15, -0.1) is 0 Å². The van der Waals surface area contributed by atoms with Crippen LogP contribution in [0.15, 0.2) is 29.2 Å². The molecule has 0 aliphatic carbocycles. The first kappa shape index (κ1) is 10.5. The minimum atomic E-state index is -0.473. The van der Waals surface area contributed by atoms with E-state index in [1.54, 1.807) is 13.1 Å². The molecule has 0 amide bonds. The van der Waals surface area contributed by atoms with Crippen LogP contribution in [0.5, 0.6) is 0 Å². The van der Waals surface area contributed by atoms with Crippen LogP contribution >= 0.6 is 0 Å². The maximum atomic E-state index is 11.7. The lowest BCUT2D eigenvalue weighted by molar-refractivity contribution is -0.384. The predicted octanol–water partition coefficient (Wildman–Crippen LogP) is 1.32. The number of non-ortho nitro benzene ring substituents is 1. The lowest BCUT2D eigenvalue weighted by Gasteiger charge is -1.98. The molecule has 7 nitrogen and oxygen atoms in total. The molecular formula is C11H8N4O3. The van der Waals surface area contributed by atoms with Gasteiger partial charge in [-0.25, -0.2) is 0 Å². The van der Waals surface area contributed by atoms with Crippen molar-refractivity contribution in [2.45, 2.75) is 0 Å². The lowest BCUT2D eigenvalue weighted by Crippen LogP contribution is -2.11. The van der Waals surface area contributed by atoms with Gasteiger partial charge in [-0.1, -0.05) is 0 Å². The number of rotatable bonds is 1. The van der Waals surface area contributed by atoms with Gasteiger partial charge < -0.3 is 0 Å².